The predicted octanol–water partition coefficient (Wildman–Crippen LogP) is 2.25. The first kappa shape index (κ1) is 15.6. The van der Waals surface area contributed by atoms with Crippen LogP contribution in [0.25, 0.3) is 10.8 Å². The fourth-order valence-corrected chi connectivity index (χ4v) is 2.52. The monoisotopic (exact) mass is 323 g/mol. The number of carbonyl (C=O) groups excluding carboxylic acids is 1. The fourth-order valence-electron chi connectivity index (χ4n) is 2.52. The van der Waals surface area contributed by atoms with E-state index in [1.54, 1.807) is 48.5 Å². The van der Waals surface area contributed by atoms with Crippen molar-refractivity contribution in [3.63, 3.8) is 0 Å². The number of benzene rings is 2. The first-order valence-corrected chi connectivity index (χ1v) is 7.47. The Balaban J connectivity index is 2.06. The molecule has 0 saturated carbocycles. The molecule has 0 unspecified atom stereocenters. The molecular formula is C18H15N2O4-. The van der Waals surface area contributed by atoms with Crippen molar-refractivity contribution in [3.8, 4) is 11.6 Å². The summed E-state index contributed by atoms with van der Waals surface area (Å²) in [4.78, 5) is 26.7. The maximum Gasteiger partial charge on any atom is 0.257 e. The molecular weight excluding hydrogens is 308 g/mol. The maximum atomic E-state index is 12.6. The zero-order valence-corrected chi connectivity index (χ0v) is 13.0. The van der Waals surface area contributed by atoms with Crippen molar-refractivity contribution in [3.05, 3.63) is 64.4 Å². The average Bonchev–Trinajstić information content (AvgIpc) is 2.57. The third-order valence-corrected chi connectivity index (χ3v) is 3.56. The Bertz CT molecular complexity index is 963. The van der Waals surface area contributed by atoms with E-state index in [-0.39, 0.29) is 5.56 Å². The number of ether oxygens (including phenoxy) is 1. The van der Waals surface area contributed by atoms with E-state index >= 15 is 0 Å². The number of H-pyrrole nitrogens is 1. The number of hydrogen-bond donors (Lipinski definition) is 2. The number of aromatic nitrogens is 1. The van der Waals surface area contributed by atoms with Crippen LogP contribution < -0.4 is 20.7 Å². The van der Waals surface area contributed by atoms with Crippen molar-refractivity contribution < 1.29 is 14.6 Å². The van der Waals surface area contributed by atoms with Gasteiger partial charge in [0, 0.05) is 10.8 Å². The van der Waals surface area contributed by atoms with Gasteiger partial charge in [0.15, 0.2) is 0 Å². The van der Waals surface area contributed by atoms with Gasteiger partial charge in [-0.25, -0.2) is 0 Å². The molecule has 1 aromatic heterocycles. The minimum atomic E-state index is -0.718. The van der Waals surface area contributed by atoms with Gasteiger partial charge in [0.2, 0.25) is 0 Å². The van der Waals surface area contributed by atoms with E-state index in [0.717, 1.165) is 0 Å². The predicted molar refractivity (Wildman–Crippen MR) is 89.6 cm³/mol. The number of aromatic amines is 1. The number of nitrogens with one attached hydrogen (secondary N) is 2. The minimum Gasteiger partial charge on any atom is -0.860 e. The summed E-state index contributed by atoms with van der Waals surface area (Å²) in [5, 5.41) is 15.4. The number of pyridine rings is 1. The van der Waals surface area contributed by atoms with Gasteiger partial charge in [0.05, 0.1) is 17.9 Å². The Labute approximate surface area is 137 Å². The van der Waals surface area contributed by atoms with Crippen LogP contribution in [0.1, 0.15) is 17.3 Å². The second kappa shape index (κ2) is 6.45. The second-order valence-electron chi connectivity index (χ2n) is 5.09. The zero-order chi connectivity index (χ0) is 17.1. The van der Waals surface area contributed by atoms with Crippen molar-refractivity contribution in [1.82, 2.24) is 4.98 Å². The molecule has 6 nitrogen and oxygen atoms in total. The summed E-state index contributed by atoms with van der Waals surface area (Å²) >= 11 is 0. The smallest absolute Gasteiger partial charge is 0.257 e. The van der Waals surface area contributed by atoms with Gasteiger partial charge in [-0.1, -0.05) is 30.3 Å². The van der Waals surface area contributed by atoms with Gasteiger partial charge in [-0.15, -0.1) is 0 Å². The largest absolute Gasteiger partial charge is 0.860 e. The summed E-state index contributed by atoms with van der Waals surface area (Å²) in [5.41, 5.74) is -0.155. The van der Waals surface area contributed by atoms with Crippen LogP contribution in [0.4, 0.5) is 5.69 Å². The first-order valence-electron chi connectivity index (χ1n) is 7.47. The van der Waals surface area contributed by atoms with E-state index in [4.69, 9.17) is 4.74 Å². The lowest BCUT2D eigenvalue weighted by Gasteiger charge is -2.17. The standard InChI is InChI=1S/C18H16N2O4/c1-2-24-14-10-6-5-9-13(14)19-17(22)15-11-7-3-4-8-12(11)16(21)20-18(15)23/h3-10H,2H2,1H3,(H,19,22)(H2,20,21,23)/p-1. The molecule has 3 rings (SSSR count). The molecule has 1 amide bonds. The van der Waals surface area contributed by atoms with Crippen LogP contribution in [0, 0.1) is 0 Å². The van der Waals surface area contributed by atoms with E-state index < -0.39 is 17.3 Å². The number of carbonyl (C=O) groups is 1. The third kappa shape index (κ3) is 2.81. The highest BCUT2D eigenvalue weighted by atomic mass is 16.5. The zero-order valence-electron chi connectivity index (χ0n) is 13.0. The molecule has 0 saturated heterocycles. The normalized spacial score (nSPS) is 10.5. The van der Waals surface area contributed by atoms with E-state index in [1.165, 1.54) is 0 Å². The Morgan fingerprint density at radius 1 is 1.12 bits per heavy atom. The molecule has 0 spiro atoms. The van der Waals surface area contributed by atoms with Crippen molar-refractivity contribution >= 4 is 22.4 Å². The van der Waals surface area contributed by atoms with Crippen LogP contribution in [0.5, 0.6) is 11.6 Å². The fraction of sp³-hybridized carbons (Fsp3) is 0.111. The van der Waals surface area contributed by atoms with E-state index in [0.29, 0.717) is 28.8 Å². The topological polar surface area (TPSA) is 94.2 Å². The molecule has 0 aliphatic rings. The van der Waals surface area contributed by atoms with Gasteiger partial charge in [0.1, 0.15) is 5.75 Å². The lowest BCUT2D eigenvalue weighted by atomic mass is 10.1. The highest BCUT2D eigenvalue weighted by Crippen LogP contribution is 2.26. The molecule has 0 atom stereocenters. The number of rotatable bonds is 4. The molecule has 6 heteroatoms. The van der Waals surface area contributed by atoms with Gasteiger partial charge in [0.25, 0.3) is 11.5 Å². The van der Waals surface area contributed by atoms with E-state index in [9.17, 15) is 14.7 Å². The van der Waals surface area contributed by atoms with Crippen molar-refractivity contribution in [1.29, 1.82) is 0 Å². The molecule has 24 heavy (non-hydrogen) atoms. The lowest BCUT2D eigenvalue weighted by molar-refractivity contribution is -0.275. The molecule has 1 heterocycles. The first-order chi connectivity index (χ1) is 11.6. The summed E-state index contributed by atoms with van der Waals surface area (Å²) in [7, 11) is 0. The van der Waals surface area contributed by atoms with Crippen LogP contribution in [-0.2, 0) is 0 Å². The minimum absolute atomic E-state index is 0.100. The highest BCUT2D eigenvalue weighted by Gasteiger charge is 2.15. The Hall–Kier alpha value is -3.28. The van der Waals surface area contributed by atoms with Crippen LogP contribution in [0.15, 0.2) is 53.3 Å². The van der Waals surface area contributed by atoms with Crippen LogP contribution in [0.2, 0.25) is 0 Å². The van der Waals surface area contributed by atoms with Gasteiger partial charge >= 0.3 is 0 Å². The number of hydrogen-bond acceptors (Lipinski definition) is 4. The van der Waals surface area contributed by atoms with Gasteiger partial charge < -0.3 is 20.1 Å². The Morgan fingerprint density at radius 3 is 2.54 bits per heavy atom. The summed E-state index contributed by atoms with van der Waals surface area (Å²) in [6.07, 6.45) is 0. The molecule has 0 aliphatic heterocycles. The number of amides is 1. The van der Waals surface area contributed by atoms with Gasteiger partial charge in [-0.2, -0.15) is 0 Å². The third-order valence-electron chi connectivity index (χ3n) is 3.56. The summed E-state index contributed by atoms with van der Waals surface area (Å²) < 4.78 is 5.46. The van der Waals surface area contributed by atoms with Crippen molar-refractivity contribution in [2.24, 2.45) is 0 Å². The quantitative estimate of drug-likeness (QED) is 0.770. The maximum absolute atomic E-state index is 12.6. The average molecular weight is 323 g/mol. The highest BCUT2D eigenvalue weighted by molar-refractivity contribution is 6.14. The SMILES string of the molecule is CCOc1ccccc1NC(=O)c1c([O-])[nH]c(=O)c2ccccc12. The molecule has 2 N–H and O–H groups in total. The van der Waals surface area contributed by atoms with Crippen LogP contribution in [-0.4, -0.2) is 17.5 Å². The molecule has 0 bridgehead atoms. The van der Waals surface area contributed by atoms with E-state index in [1.807, 2.05) is 6.92 Å². The molecule has 3 aromatic rings. The van der Waals surface area contributed by atoms with E-state index in [2.05, 4.69) is 10.3 Å². The number of anilines is 1. The summed E-state index contributed by atoms with van der Waals surface area (Å²) in [6, 6.07) is 13.4. The Kier molecular flexibility index (Phi) is 4.20. The van der Waals surface area contributed by atoms with Gasteiger partial charge in [-0.05, 0) is 31.0 Å². The van der Waals surface area contributed by atoms with Crippen LogP contribution >= 0.6 is 0 Å². The molecule has 0 aliphatic carbocycles. The van der Waals surface area contributed by atoms with Crippen molar-refractivity contribution in [2.75, 3.05) is 11.9 Å². The van der Waals surface area contributed by atoms with Crippen LogP contribution in [0.3, 0.4) is 0 Å². The number of fused-ring (bicyclic) bond motifs is 1. The van der Waals surface area contributed by atoms with Gasteiger partial charge in [-0.3, -0.25) is 9.59 Å². The molecule has 0 radical (unpaired) electrons. The van der Waals surface area contributed by atoms with Crippen molar-refractivity contribution in [2.45, 2.75) is 6.92 Å². The second-order valence-corrected chi connectivity index (χ2v) is 5.09. The Morgan fingerprint density at radius 2 is 1.79 bits per heavy atom. The lowest BCUT2D eigenvalue weighted by Crippen LogP contribution is -2.20. The molecule has 2 aromatic carbocycles. The summed E-state index contributed by atoms with van der Waals surface area (Å²) in [6.45, 7) is 2.28. The summed E-state index contributed by atoms with van der Waals surface area (Å²) in [5.74, 6) is -0.806. The molecule has 0 fully saturated rings. The molecule has 122 valence electrons. The number of para-hydroxylation sites is 2.